The topological polar surface area (TPSA) is 65.5 Å². The summed E-state index contributed by atoms with van der Waals surface area (Å²) >= 11 is 0. The van der Waals surface area contributed by atoms with Crippen LogP contribution in [-0.4, -0.2) is 66.3 Å². The molecule has 1 aliphatic heterocycles. The first-order valence-corrected chi connectivity index (χ1v) is 7.61. The van der Waals surface area contributed by atoms with E-state index >= 15 is 0 Å². The quantitative estimate of drug-likeness (QED) is 0.839. The van der Waals surface area contributed by atoms with Crippen LogP contribution in [-0.2, 0) is 0 Å². The molecular weight excluding hydrogens is 292 g/mol. The molecule has 0 unspecified atom stereocenters. The third-order valence-corrected chi connectivity index (χ3v) is 3.87. The molecule has 0 N–H and O–H groups in total. The Bertz CT molecular complexity index is 650. The number of hydrogen-bond acceptors (Lipinski definition) is 6. The van der Waals surface area contributed by atoms with Gasteiger partial charge in [0, 0.05) is 46.5 Å². The highest BCUT2D eigenvalue weighted by Gasteiger charge is 2.23. The van der Waals surface area contributed by atoms with Gasteiger partial charge in [-0.3, -0.25) is 9.78 Å². The van der Waals surface area contributed by atoms with Gasteiger partial charge in [0.15, 0.2) is 11.6 Å². The van der Waals surface area contributed by atoms with Crippen molar-refractivity contribution >= 4 is 17.5 Å². The molecule has 7 heteroatoms. The first-order valence-electron chi connectivity index (χ1n) is 7.61. The highest BCUT2D eigenvalue weighted by atomic mass is 16.2. The Morgan fingerprint density at radius 3 is 2.39 bits per heavy atom. The van der Waals surface area contributed by atoms with Crippen LogP contribution in [0.3, 0.4) is 0 Å². The maximum atomic E-state index is 12.4. The van der Waals surface area contributed by atoms with Crippen LogP contribution in [0.2, 0.25) is 0 Å². The minimum atomic E-state index is -0.0145. The molecule has 2 aromatic rings. The van der Waals surface area contributed by atoms with Crippen molar-refractivity contribution in [3.05, 3.63) is 42.2 Å². The van der Waals surface area contributed by atoms with E-state index in [2.05, 4.69) is 20.1 Å². The number of pyridine rings is 1. The van der Waals surface area contributed by atoms with Crippen LogP contribution in [0, 0.1) is 0 Å². The molecule has 0 atom stereocenters. The molecule has 1 amide bonds. The molecular formula is C16H20N6O. The van der Waals surface area contributed by atoms with Gasteiger partial charge in [-0.2, -0.15) is 0 Å². The second-order valence-corrected chi connectivity index (χ2v) is 5.64. The molecule has 1 aliphatic rings. The smallest absolute Gasteiger partial charge is 0.272 e. The van der Waals surface area contributed by atoms with E-state index in [4.69, 9.17) is 0 Å². The first-order chi connectivity index (χ1) is 11.1. The molecule has 0 bridgehead atoms. The average molecular weight is 312 g/mol. The summed E-state index contributed by atoms with van der Waals surface area (Å²) in [5.74, 6) is 1.66. The SMILES string of the molecule is CN(C)c1ccc(N2CCN(C(=O)c3ccccn3)CC2)nn1. The second-order valence-electron chi connectivity index (χ2n) is 5.64. The van der Waals surface area contributed by atoms with Crippen molar-refractivity contribution in [1.82, 2.24) is 20.1 Å². The van der Waals surface area contributed by atoms with Crippen molar-refractivity contribution in [2.24, 2.45) is 0 Å². The van der Waals surface area contributed by atoms with Gasteiger partial charge in [0.05, 0.1) is 0 Å². The molecule has 3 rings (SSSR count). The van der Waals surface area contributed by atoms with Crippen molar-refractivity contribution in [3.8, 4) is 0 Å². The summed E-state index contributed by atoms with van der Waals surface area (Å²) in [5, 5.41) is 8.47. The number of carbonyl (C=O) groups is 1. The molecule has 1 saturated heterocycles. The number of carbonyl (C=O) groups excluding carboxylic acids is 1. The molecule has 0 saturated carbocycles. The van der Waals surface area contributed by atoms with Gasteiger partial charge in [-0.1, -0.05) is 6.07 Å². The van der Waals surface area contributed by atoms with E-state index in [1.807, 2.05) is 48.2 Å². The maximum absolute atomic E-state index is 12.4. The largest absolute Gasteiger partial charge is 0.361 e. The lowest BCUT2D eigenvalue weighted by molar-refractivity contribution is 0.0740. The summed E-state index contributed by atoms with van der Waals surface area (Å²) in [6.45, 7) is 2.81. The number of amides is 1. The van der Waals surface area contributed by atoms with Crippen molar-refractivity contribution < 1.29 is 4.79 Å². The van der Waals surface area contributed by atoms with E-state index in [0.717, 1.165) is 24.7 Å². The van der Waals surface area contributed by atoms with Gasteiger partial charge in [0.25, 0.3) is 5.91 Å². The zero-order valence-electron chi connectivity index (χ0n) is 13.4. The zero-order chi connectivity index (χ0) is 16.2. The molecule has 0 aliphatic carbocycles. The van der Waals surface area contributed by atoms with Crippen molar-refractivity contribution in [2.75, 3.05) is 50.1 Å². The predicted octanol–water partition coefficient (Wildman–Crippen LogP) is 0.900. The van der Waals surface area contributed by atoms with Gasteiger partial charge in [-0.15, -0.1) is 10.2 Å². The zero-order valence-corrected chi connectivity index (χ0v) is 13.4. The molecule has 0 radical (unpaired) electrons. The molecule has 3 heterocycles. The summed E-state index contributed by atoms with van der Waals surface area (Å²) in [5.41, 5.74) is 0.496. The second kappa shape index (κ2) is 6.60. The molecule has 2 aromatic heterocycles. The number of rotatable bonds is 3. The predicted molar refractivity (Wildman–Crippen MR) is 88.7 cm³/mol. The Kier molecular flexibility index (Phi) is 4.36. The fraction of sp³-hybridized carbons (Fsp3) is 0.375. The summed E-state index contributed by atoms with van der Waals surface area (Å²) in [6, 6.07) is 9.32. The van der Waals surface area contributed by atoms with Crippen LogP contribution in [0.25, 0.3) is 0 Å². The molecule has 1 fully saturated rings. The Labute approximate surface area is 135 Å². The monoisotopic (exact) mass is 312 g/mol. The number of piperazine rings is 1. The Morgan fingerprint density at radius 2 is 1.83 bits per heavy atom. The van der Waals surface area contributed by atoms with Gasteiger partial charge in [0.1, 0.15) is 5.69 Å². The molecule has 23 heavy (non-hydrogen) atoms. The number of anilines is 2. The molecule has 0 spiro atoms. The van der Waals surface area contributed by atoms with Gasteiger partial charge in [-0.05, 0) is 24.3 Å². The lowest BCUT2D eigenvalue weighted by atomic mass is 10.2. The molecule has 7 nitrogen and oxygen atoms in total. The van der Waals surface area contributed by atoms with Crippen LogP contribution >= 0.6 is 0 Å². The lowest BCUT2D eigenvalue weighted by Crippen LogP contribution is -2.49. The first kappa shape index (κ1) is 15.2. The minimum Gasteiger partial charge on any atom is -0.361 e. The van der Waals surface area contributed by atoms with Crippen LogP contribution in [0.4, 0.5) is 11.6 Å². The summed E-state index contributed by atoms with van der Waals surface area (Å²) in [4.78, 5) is 22.4. The minimum absolute atomic E-state index is 0.0145. The Hall–Kier alpha value is -2.70. The van der Waals surface area contributed by atoms with Crippen molar-refractivity contribution in [2.45, 2.75) is 0 Å². The maximum Gasteiger partial charge on any atom is 0.272 e. The van der Waals surface area contributed by atoms with Crippen LogP contribution in [0.15, 0.2) is 36.5 Å². The number of nitrogens with zero attached hydrogens (tertiary/aromatic N) is 6. The van der Waals surface area contributed by atoms with Crippen molar-refractivity contribution in [3.63, 3.8) is 0 Å². The summed E-state index contributed by atoms with van der Waals surface area (Å²) in [7, 11) is 3.87. The van der Waals surface area contributed by atoms with E-state index in [1.54, 1.807) is 12.3 Å². The van der Waals surface area contributed by atoms with Gasteiger partial charge < -0.3 is 14.7 Å². The van der Waals surface area contributed by atoms with E-state index < -0.39 is 0 Å². The van der Waals surface area contributed by atoms with E-state index in [1.165, 1.54) is 0 Å². The van der Waals surface area contributed by atoms with Gasteiger partial charge >= 0.3 is 0 Å². The van der Waals surface area contributed by atoms with Crippen LogP contribution < -0.4 is 9.80 Å². The third-order valence-electron chi connectivity index (χ3n) is 3.87. The fourth-order valence-corrected chi connectivity index (χ4v) is 2.52. The lowest BCUT2D eigenvalue weighted by Gasteiger charge is -2.35. The van der Waals surface area contributed by atoms with Gasteiger partial charge in [0.2, 0.25) is 0 Å². The Morgan fingerprint density at radius 1 is 1.04 bits per heavy atom. The van der Waals surface area contributed by atoms with Crippen LogP contribution in [0.1, 0.15) is 10.5 Å². The van der Waals surface area contributed by atoms with Crippen molar-refractivity contribution in [1.29, 1.82) is 0 Å². The van der Waals surface area contributed by atoms with Crippen LogP contribution in [0.5, 0.6) is 0 Å². The molecule has 120 valence electrons. The normalized spacial score (nSPS) is 14.7. The van der Waals surface area contributed by atoms with E-state index in [0.29, 0.717) is 18.8 Å². The summed E-state index contributed by atoms with van der Waals surface area (Å²) < 4.78 is 0. The highest BCUT2D eigenvalue weighted by molar-refractivity contribution is 5.92. The Balaban J connectivity index is 1.61. The number of hydrogen-bond donors (Lipinski definition) is 0. The van der Waals surface area contributed by atoms with E-state index in [9.17, 15) is 4.79 Å². The fourth-order valence-electron chi connectivity index (χ4n) is 2.52. The highest BCUT2D eigenvalue weighted by Crippen LogP contribution is 2.16. The number of aromatic nitrogens is 3. The van der Waals surface area contributed by atoms with Gasteiger partial charge in [-0.25, -0.2) is 0 Å². The average Bonchev–Trinajstić information content (AvgIpc) is 2.62. The summed E-state index contributed by atoms with van der Waals surface area (Å²) in [6.07, 6.45) is 1.64. The third kappa shape index (κ3) is 3.39. The standard InChI is InChI=1S/C16H20N6O/c1-20(2)14-6-7-15(19-18-14)21-9-11-22(12-10-21)16(23)13-5-3-4-8-17-13/h3-8H,9-12H2,1-2H3. The van der Waals surface area contributed by atoms with E-state index in [-0.39, 0.29) is 5.91 Å². The molecule has 0 aromatic carbocycles.